The van der Waals surface area contributed by atoms with Crippen LogP contribution in [0.1, 0.15) is 19.7 Å². The summed E-state index contributed by atoms with van der Waals surface area (Å²) in [6.07, 6.45) is 2.71. The number of aromatic nitrogens is 4. The first-order chi connectivity index (χ1) is 9.33. The maximum Gasteiger partial charge on any atom is 0.165 e. The Morgan fingerprint density at radius 3 is 2.68 bits per heavy atom. The summed E-state index contributed by atoms with van der Waals surface area (Å²) < 4.78 is 7.44. The number of hydrogen-bond acceptors (Lipinski definition) is 5. The molecule has 1 fully saturated rings. The Hall–Kier alpha value is -1.69. The molecule has 0 atom stereocenters. The average molecular weight is 261 g/mol. The smallest absolute Gasteiger partial charge is 0.165 e. The molecule has 102 valence electrons. The van der Waals surface area contributed by atoms with E-state index in [1.807, 2.05) is 10.9 Å². The number of nitrogens with zero attached hydrogens (tertiary/aromatic N) is 5. The molecule has 0 bridgehead atoms. The molecule has 3 heterocycles. The topological polar surface area (TPSA) is 56.1 Å². The van der Waals surface area contributed by atoms with Crippen LogP contribution in [0.2, 0.25) is 0 Å². The standard InChI is InChI=1S/C13H19N5O/c1-3-10-15-11-12(18-5-7-19-8-6-18)14-9-17(4-2)13(11)16-10/h9H,3-8H2,1-2H3. The van der Waals surface area contributed by atoms with Crippen LogP contribution >= 0.6 is 0 Å². The third kappa shape index (κ3) is 2.16. The van der Waals surface area contributed by atoms with E-state index < -0.39 is 0 Å². The Morgan fingerprint density at radius 1 is 1.21 bits per heavy atom. The quantitative estimate of drug-likeness (QED) is 0.831. The van der Waals surface area contributed by atoms with Gasteiger partial charge in [0.15, 0.2) is 17.3 Å². The molecule has 0 aromatic rings. The van der Waals surface area contributed by atoms with E-state index in [-0.39, 0.29) is 0 Å². The lowest BCUT2D eigenvalue weighted by Gasteiger charge is -2.29. The van der Waals surface area contributed by atoms with Crippen LogP contribution in [0.4, 0.5) is 5.82 Å². The zero-order chi connectivity index (χ0) is 13.2. The van der Waals surface area contributed by atoms with E-state index in [1.54, 1.807) is 0 Å². The van der Waals surface area contributed by atoms with Gasteiger partial charge in [-0.2, -0.15) is 0 Å². The molecule has 1 saturated heterocycles. The predicted molar refractivity (Wildman–Crippen MR) is 72.5 cm³/mol. The molecule has 0 spiro atoms. The van der Waals surface area contributed by atoms with Gasteiger partial charge in [0.2, 0.25) is 0 Å². The third-order valence-electron chi connectivity index (χ3n) is 3.46. The zero-order valence-electron chi connectivity index (χ0n) is 11.5. The van der Waals surface area contributed by atoms with Gasteiger partial charge in [0.25, 0.3) is 0 Å². The van der Waals surface area contributed by atoms with Gasteiger partial charge in [0.05, 0.1) is 19.5 Å². The Kier molecular flexibility index (Phi) is 3.33. The minimum absolute atomic E-state index is 0.751. The Labute approximate surface area is 112 Å². The van der Waals surface area contributed by atoms with E-state index in [0.717, 1.165) is 62.4 Å². The summed E-state index contributed by atoms with van der Waals surface area (Å²) in [4.78, 5) is 16.1. The fourth-order valence-corrected chi connectivity index (χ4v) is 2.37. The van der Waals surface area contributed by atoms with E-state index in [9.17, 15) is 0 Å². The first kappa shape index (κ1) is 12.3. The van der Waals surface area contributed by atoms with Crippen LogP contribution in [-0.2, 0) is 17.7 Å². The molecular weight excluding hydrogens is 242 g/mol. The molecular formula is C13H19N5O. The number of anilines is 1. The van der Waals surface area contributed by atoms with Crippen molar-refractivity contribution in [2.45, 2.75) is 26.8 Å². The molecule has 19 heavy (non-hydrogen) atoms. The van der Waals surface area contributed by atoms with Crippen molar-refractivity contribution < 1.29 is 4.74 Å². The fourth-order valence-electron chi connectivity index (χ4n) is 2.37. The van der Waals surface area contributed by atoms with Crippen molar-refractivity contribution in [2.75, 3.05) is 31.2 Å². The summed E-state index contributed by atoms with van der Waals surface area (Å²) in [5.74, 6) is 2.77. The first-order valence-electron chi connectivity index (χ1n) is 6.88. The lowest BCUT2D eigenvalue weighted by molar-refractivity contribution is 0.122. The normalized spacial score (nSPS) is 16.2. The third-order valence-corrected chi connectivity index (χ3v) is 3.46. The van der Waals surface area contributed by atoms with Crippen LogP contribution in [0.15, 0.2) is 6.33 Å². The monoisotopic (exact) mass is 261 g/mol. The minimum Gasteiger partial charge on any atom is -0.378 e. The molecule has 0 radical (unpaired) electrons. The second kappa shape index (κ2) is 5.13. The van der Waals surface area contributed by atoms with Crippen molar-refractivity contribution in [3.63, 3.8) is 0 Å². The van der Waals surface area contributed by atoms with E-state index in [1.165, 1.54) is 0 Å². The predicted octanol–water partition coefficient (Wildman–Crippen LogP) is 1.20. The molecule has 0 unspecified atom stereocenters. The van der Waals surface area contributed by atoms with E-state index in [2.05, 4.69) is 33.7 Å². The van der Waals surface area contributed by atoms with Crippen LogP contribution in [0.3, 0.4) is 0 Å². The molecule has 0 aliphatic carbocycles. The molecule has 0 saturated carbocycles. The summed E-state index contributed by atoms with van der Waals surface area (Å²) in [6.45, 7) is 8.26. The van der Waals surface area contributed by atoms with Gasteiger partial charge in [-0.1, -0.05) is 6.92 Å². The highest BCUT2D eigenvalue weighted by molar-refractivity contribution is 5.68. The Morgan fingerprint density at radius 2 is 2.00 bits per heavy atom. The van der Waals surface area contributed by atoms with Gasteiger partial charge in [-0.15, -0.1) is 0 Å². The van der Waals surface area contributed by atoms with E-state index >= 15 is 0 Å². The van der Waals surface area contributed by atoms with Crippen LogP contribution < -0.4 is 4.90 Å². The van der Waals surface area contributed by atoms with Crippen molar-refractivity contribution in [3.05, 3.63) is 12.2 Å². The van der Waals surface area contributed by atoms with Crippen molar-refractivity contribution in [1.29, 1.82) is 0 Å². The highest BCUT2D eigenvalue weighted by Gasteiger charge is 2.23. The Bertz CT molecular complexity index is 532. The van der Waals surface area contributed by atoms with Crippen LogP contribution in [0.25, 0.3) is 11.5 Å². The number of fused-ring (bicyclic) bond motifs is 1. The van der Waals surface area contributed by atoms with Gasteiger partial charge < -0.3 is 14.2 Å². The fraction of sp³-hybridized carbons (Fsp3) is 0.615. The van der Waals surface area contributed by atoms with Gasteiger partial charge in [-0.3, -0.25) is 0 Å². The van der Waals surface area contributed by atoms with Gasteiger partial charge in [-0.05, 0) is 6.92 Å². The van der Waals surface area contributed by atoms with Gasteiger partial charge in [0, 0.05) is 26.1 Å². The average Bonchev–Trinajstić information content (AvgIpc) is 2.91. The molecule has 3 rings (SSSR count). The lowest BCUT2D eigenvalue weighted by atomic mass is 10.3. The van der Waals surface area contributed by atoms with Crippen molar-refractivity contribution >= 4 is 5.82 Å². The molecule has 3 aliphatic rings. The maximum atomic E-state index is 5.39. The summed E-state index contributed by atoms with van der Waals surface area (Å²) in [5.41, 5.74) is 0.920. The Balaban J connectivity index is 2.06. The van der Waals surface area contributed by atoms with Crippen LogP contribution in [0.5, 0.6) is 0 Å². The summed E-state index contributed by atoms with van der Waals surface area (Å²) >= 11 is 0. The van der Waals surface area contributed by atoms with E-state index in [4.69, 9.17) is 4.74 Å². The highest BCUT2D eigenvalue weighted by Crippen LogP contribution is 2.29. The van der Waals surface area contributed by atoms with E-state index in [0.29, 0.717) is 0 Å². The molecule has 3 aliphatic heterocycles. The molecule has 0 N–H and O–H groups in total. The lowest BCUT2D eigenvalue weighted by Crippen LogP contribution is -2.37. The maximum absolute atomic E-state index is 5.39. The first-order valence-corrected chi connectivity index (χ1v) is 6.88. The second-order valence-corrected chi connectivity index (χ2v) is 4.62. The number of imidazole rings is 1. The summed E-state index contributed by atoms with van der Waals surface area (Å²) in [7, 11) is 0. The summed E-state index contributed by atoms with van der Waals surface area (Å²) in [6, 6.07) is 0. The number of rotatable bonds is 3. The minimum atomic E-state index is 0.751. The summed E-state index contributed by atoms with van der Waals surface area (Å²) in [5, 5.41) is 0. The molecule has 0 aromatic heterocycles. The largest absolute Gasteiger partial charge is 0.378 e. The number of aryl methyl sites for hydroxylation is 2. The van der Waals surface area contributed by atoms with Gasteiger partial charge in [-0.25, -0.2) is 15.0 Å². The van der Waals surface area contributed by atoms with Gasteiger partial charge >= 0.3 is 0 Å². The zero-order valence-corrected chi connectivity index (χ0v) is 11.5. The highest BCUT2D eigenvalue weighted by atomic mass is 16.5. The number of morpholine rings is 1. The van der Waals surface area contributed by atoms with Crippen molar-refractivity contribution in [3.8, 4) is 11.5 Å². The SMILES string of the molecule is CCc1nc2c(N3CCOCC3)ncn(CC)c-2n1. The van der Waals surface area contributed by atoms with Crippen LogP contribution in [-0.4, -0.2) is 45.8 Å². The number of hydrogen-bond donors (Lipinski definition) is 0. The van der Waals surface area contributed by atoms with Crippen LogP contribution in [0, 0.1) is 0 Å². The second-order valence-electron chi connectivity index (χ2n) is 4.62. The number of ether oxygens (including phenoxy) is 1. The van der Waals surface area contributed by atoms with Crippen molar-refractivity contribution in [1.82, 2.24) is 19.5 Å². The molecule has 6 heteroatoms. The molecule has 0 aromatic carbocycles. The molecule has 6 nitrogen and oxygen atoms in total. The van der Waals surface area contributed by atoms with Crippen molar-refractivity contribution in [2.24, 2.45) is 0 Å². The van der Waals surface area contributed by atoms with Gasteiger partial charge in [0.1, 0.15) is 5.82 Å². The molecule has 0 amide bonds.